The van der Waals surface area contributed by atoms with E-state index in [-0.39, 0.29) is 0 Å². The number of hydrogen-bond acceptors (Lipinski definition) is 2. The van der Waals surface area contributed by atoms with E-state index in [0.717, 1.165) is 20.2 Å². The highest BCUT2D eigenvalue weighted by atomic mass is 32.3. The topological polar surface area (TPSA) is 46.5 Å². The second-order valence-corrected chi connectivity index (χ2v) is 8.04. The molecule has 0 radical (unpaired) electrons. The van der Waals surface area contributed by atoms with E-state index >= 15 is 0 Å². The molecular weight excluding hydrogens is 320 g/mol. The molecule has 1 N–H and O–H groups in total. The monoisotopic (exact) mass is 338 g/mol. The van der Waals surface area contributed by atoms with Gasteiger partial charge >= 0.3 is 6.16 Å². The molecule has 0 saturated heterocycles. The highest BCUT2D eigenvalue weighted by Gasteiger charge is 2.35. The van der Waals surface area contributed by atoms with Crippen molar-refractivity contribution in [3.63, 3.8) is 0 Å². The fourth-order valence-corrected chi connectivity index (χ4v) is 5.53. The van der Waals surface area contributed by atoms with Crippen LogP contribution in [0.15, 0.2) is 99.6 Å². The van der Waals surface area contributed by atoms with Crippen LogP contribution in [0.1, 0.15) is 5.56 Å². The lowest BCUT2D eigenvalue weighted by molar-refractivity contribution is 0.150. The molecule has 3 aromatic carbocycles. The third-order valence-corrected chi connectivity index (χ3v) is 6.90. The third kappa shape index (κ3) is 3.01. The van der Waals surface area contributed by atoms with E-state index in [1.807, 2.05) is 91.9 Å². The standard InChI is InChI=1S/C20H18O3S/c1-16-12-14-19(15-13-16)24(23-20(21)22,17-8-4-2-5-9-17)18-10-6-3-7-11-18/h2-15H,1H3,(H,21,22). The van der Waals surface area contributed by atoms with Gasteiger partial charge in [-0.1, -0.05) is 54.1 Å². The molecule has 0 fully saturated rings. The zero-order valence-electron chi connectivity index (χ0n) is 13.3. The molecule has 3 aromatic rings. The lowest BCUT2D eigenvalue weighted by Crippen LogP contribution is -2.11. The largest absolute Gasteiger partial charge is 0.517 e. The zero-order valence-corrected chi connectivity index (χ0v) is 14.1. The molecule has 122 valence electrons. The average Bonchev–Trinajstić information content (AvgIpc) is 2.62. The lowest BCUT2D eigenvalue weighted by Gasteiger charge is -2.38. The highest BCUT2D eigenvalue weighted by molar-refractivity contribution is 8.30. The number of carboxylic acid groups (broad SMARTS) is 1. The summed E-state index contributed by atoms with van der Waals surface area (Å²) in [5.41, 5.74) is 1.11. The fourth-order valence-electron chi connectivity index (χ4n) is 2.61. The van der Waals surface area contributed by atoms with E-state index in [1.165, 1.54) is 0 Å². The van der Waals surface area contributed by atoms with Gasteiger partial charge < -0.3 is 9.29 Å². The van der Waals surface area contributed by atoms with Crippen molar-refractivity contribution >= 4 is 16.5 Å². The van der Waals surface area contributed by atoms with Crippen molar-refractivity contribution in [3.8, 4) is 0 Å². The molecule has 24 heavy (non-hydrogen) atoms. The van der Waals surface area contributed by atoms with Crippen LogP contribution in [-0.2, 0) is 4.18 Å². The van der Waals surface area contributed by atoms with Gasteiger partial charge in [0.1, 0.15) is 0 Å². The normalized spacial score (nSPS) is 11.7. The summed E-state index contributed by atoms with van der Waals surface area (Å²) in [6.07, 6.45) is -1.28. The first-order valence-corrected chi connectivity index (χ1v) is 9.11. The van der Waals surface area contributed by atoms with E-state index in [4.69, 9.17) is 4.18 Å². The van der Waals surface area contributed by atoms with Crippen molar-refractivity contribution in [1.82, 2.24) is 0 Å². The first-order chi connectivity index (χ1) is 11.6. The van der Waals surface area contributed by atoms with Crippen molar-refractivity contribution in [1.29, 1.82) is 0 Å². The second-order valence-electron chi connectivity index (χ2n) is 5.34. The predicted molar refractivity (Wildman–Crippen MR) is 95.6 cm³/mol. The second kappa shape index (κ2) is 6.81. The van der Waals surface area contributed by atoms with E-state index in [1.54, 1.807) is 0 Å². The van der Waals surface area contributed by atoms with Gasteiger partial charge in [-0.2, -0.15) is 0 Å². The van der Waals surface area contributed by atoms with Crippen molar-refractivity contribution < 1.29 is 14.1 Å². The maximum absolute atomic E-state index is 11.6. The Labute approximate surface area is 143 Å². The molecule has 0 saturated carbocycles. The van der Waals surface area contributed by atoms with Crippen LogP contribution in [-0.4, -0.2) is 11.3 Å². The van der Waals surface area contributed by atoms with E-state index in [0.29, 0.717) is 0 Å². The Kier molecular flexibility index (Phi) is 4.58. The van der Waals surface area contributed by atoms with Crippen LogP contribution >= 0.6 is 10.3 Å². The van der Waals surface area contributed by atoms with Gasteiger partial charge in [0.25, 0.3) is 0 Å². The maximum Gasteiger partial charge on any atom is 0.517 e. The van der Waals surface area contributed by atoms with Crippen molar-refractivity contribution in [2.24, 2.45) is 0 Å². The molecule has 0 aliphatic rings. The summed E-state index contributed by atoms with van der Waals surface area (Å²) in [6, 6.07) is 27.0. The number of aryl methyl sites for hydroxylation is 1. The Bertz CT molecular complexity index is 775. The number of hydrogen-bond donors (Lipinski definition) is 1. The van der Waals surface area contributed by atoms with Crippen LogP contribution in [0, 0.1) is 6.92 Å². The van der Waals surface area contributed by atoms with Gasteiger partial charge in [-0.05, 0) is 53.6 Å². The van der Waals surface area contributed by atoms with Crippen molar-refractivity contribution in [2.45, 2.75) is 21.6 Å². The van der Waals surface area contributed by atoms with Gasteiger partial charge in [-0.25, -0.2) is 4.79 Å². The zero-order chi connectivity index (χ0) is 17.0. The van der Waals surface area contributed by atoms with Gasteiger partial charge in [0.05, 0.1) is 0 Å². The Morgan fingerprint density at radius 3 is 1.58 bits per heavy atom. The average molecular weight is 338 g/mol. The summed E-state index contributed by atoms with van der Waals surface area (Å²) in [6.45, 7) is 2.00. The molecule has 0 amide bonds. The molecule has 0 unspecified atom stereocenters. The molecule has 0 aromatic heterocycles. The molecule has 0 aliphatic carbocycles. The van der Waals surface area contributed by atoms with Gasteiger partial charge in [0.2, 0.25) is 0 Å². The third-order valence-electron chi connectivity index (χ3n) is 3.70. The van der Waals surface area contributed by atoms with Crippen LogP contribution in [0.5, 0.6) is 0 Å². The van der Waals surface area contributed by atoms with Gasteiger partial charge in [-0.3, -0.25) is 0 Å². The van der Waals surface area contributed by atoms with Gasteiger partial charge in [0, 0.05) is 14.7 Å². The first kappa shape index (κ1) is 16.1. The van der Waals surface area contributed by atoms with Crippen LogP contribution in [0.4, 0.5) is 4.79 Å². The first-order valence-electron chi connectivity index (χ1n) is 7.55. The summed E-state index contributed by atoms with van der Waals surface area (Å²) in [5.74, 6) is 0. The Morgan fingerprint density at radius 2 is 1.17 bits per heavy atom. The van der Waals surface area contributed by atoms with Gasteiger partial charge in [-0.15, -0.1) is 0 Å². The molecule has 0 bridgehead atoms. The molecule has 0 heterocycles. The van der Waals surface area contributed by atoms with Crippen LogP contribution in [0.25, 0.3) is 0 Å². The highest BCUT2D eigenvalue weighted by Crippen LogP contribution is 2.69. The molecule has 0 spiro atoms. The van der Waals surface area contributed by atoms with E-state index < -0.39 is 16.5 Å². The minimum atomic E-state index is -2.35. The molecule has 3 rings (SSSR count). The summed E-state index contributed by atoms with van der Waals surface area (Å²) in [4.78, 5) is 14.2. The van der Waals surface area contributed by atoms with Gasteiger partial charge in [0.15, 0.2) is 0 Å². The minimum Gasteiger partial charge on any atom is -0.449 e. The Balaban J connectivity index is 2.32. The lowest BCUT2D eigenvalue weighted by atomic mass is 10.2. The van der Waals surface area contributed by atoms with Crippen LogP contribution in [0.2, 0.25) is 0 Å². The number of benzene rings is 3. The summed E-state index contributed by atoms with van der Waals surface area (Å²) in [5, 5.41) is 9.49. The molecular formula is C20H18O3S. The molecule has 3 nitrogen and oxygen atoms in total. The SMILES string of the molecule is Cc1ccc(S(OC(=O)O)(c2ccccc2)c2ccccc2)cc1. The number of rotatable bonds is 4. The quantitative estimate of drug-likeness (QED) is 0.645. The Morgan fingerprint density at radius 1 is 0.750 bits per heavy atom. The fraction of sp³-hybridized carbons (Fsp3) is 0.0500. The summed E-state index contributed by atoms with van der Waals surface area (Å²) < 4.78 is 5.64. The van der Waals surface area contributed by atoms with Crippen molar-refractivity contribution in [3.05, 3.63) is 90.5 Å². The molecule has 0 atom stereocenters. The van der Waals surface area contributed by atoms with Crippen LogP contribution < -0.4 is 0 Å². The summed E-state index contributed by atoms with van der Waals surface area (Å²) >= 11 is 0. The summed E-state index contributed by atoms with van der Waals surface area (Å²) in [7, 11) is -2.35. The van der Waals surface area contributed by atoms with Crippen LogP contribution in [0.3, 0.4) is 0 Å². The predicted octanol–water partition coefficient (Wildman–Crippen LogP) is 5.89. The van der Waals surface area contributed by atoms with Crippen molar-refractivity contribution in [2.75, 3.05) is 0 Å². The molecule has 4 heteroatoms. The number of carbonyl (C=O) groups is 1. The minimum absolute atomic E-state index is 0.849. The Hall–Kier alpha value is -2.72. The maximum atomic E-state index is 11.6. The van der Waals surface area contributed by atoms with E-state index in [2.05, 4.69) is 0 Å². The van der Waals surface area contributed by atoms with E-state index in [9.17, 15) is 9.90 Å². The smallest absolute Gasteiger partial charge is 0.449 e. The molecule has 0 aliphatic heterocycles.